The van der Waals surface area contributed by atoms with Gasteiger partial charge in [0, 0.05) is 13.1 Å². The average Bonchev–Trinajstić information content (AvgIpc) is 2.85. The number of halogens is 1. The van der Waals surface area contributed by atoms with Crippen molar-refractivity contribution in [2.45, 2.75) is 0 Å². The number of aromatic nitrogens is 3. The Hall–Kier alpha value is -1.10. The molecule has 2 heterocycles. The minimum Gasteiger partial charge on any atom is -0.467 e. The molecule has 0 unspecified atom stereocenters. The molecule has 1 aliphatic heterocycles. The monoisotopic (exact) mass is 186 g/mol. The molecule has 0 saturated carbocycles. The molecule has 1 aliphatic rings. The first-order chi connectivity index (χ1) is 5.79. The van der Waals surface area contributed by atoms with Crippen LogP contribution >= 0.6 is 11.6 Å². The van der Waals surface area contributed by atoms with E-state index in [0.29, 0.717) is 5.95 Å². The van der Waals surface area contributed by atoms with Crippen LogP contribution in [0.25, 0.3) is 0 Å². The smallest absolute Gasteiger partial charge is 0.322 e. The highest BCUT2D eigenvalue weighted by molar-refractivity contribution is 6.28. The minimum absolute atomic E-state index is 0.170. The Kier molecular flexibility index (Phi) is 1.73. The van der Waals surface area contributed by atoms with Crippen LogP contribution in [0.5, 0.6) is 6.01 Å². The lowest BCUT2D eigenvalue weighted by Gasteiger charge is -2.02. The molecule has 0 N–H and O–H groups in total. The van der Waals surface area contributed by atoms with E-state index in [4.69, 9.17) is 16.3 Å². The predicted molar refractivity (Wildman–Crippen MR) is 43.6 cm³/mol. The van der Waals surface area contributed by atoms with Crippen LogP contribution < -0.4 is 9.64 Å². The largest absolute Gasteiger partial charge is 0.467 e. The van der Waals surface area contributed by atoms with Crippen LogP contribution in [0, 0.1) is 0 Å². The number of ether oxygens (including phenoxy) is 1. The Morgan fingerprint density at radius 3 is 2.67 bits per heavy atom. The van der Waals surface area contributed by atoms with Gasteiger partial charge in [-0.05, 0) is 11.6 Å². The minimum atomic E-state index is 0.170. The molecule has 0 aliphatic carbocycles. The van der Waals surface area contributed by atoms with Crippen molar-refractivity contribution in [1.82, 2.24) is 15.0 Å². The van der Waals surface area contributed by atoms with Crippen molar-refractivity contribution in [2.24, 2.45) is 0 Å². The van der Waals surface area contributed by atoms with Crippen molar-refractivity contribution in [1.29, 1.82) is 0 Å². The summed E-state index contributed by atoms with van der Waals surface area (Å²) < 4.78 is 4.84. The molecular formula is C6H7ClN4O. The molecule has 1 saturated heterocycles. The van der Waals surface area contributed by atoms with E-state index in [-0.39, 0.29) is 11.3 Å². The normalized spacial score (nSPS) is 14.7. The van der Waals surface area contributed by atoms with Gasteiger partial charge in [-0.3, -0.25) is 0 Å². The van der Waals surface area contributed by atoms with Crippen LogP contribution in [-0.4, -0.2) is 35.2 Å². The van der Waals surface area contributed by atoms with E-state index >= 15 is 0 Å². The SMILES string of the molecule is COc1nc(Cl)nc(N2CC2)n1. The first kappa shape index (κ1) is 7.54. The van der Waals surface area contributed by atoms with Gasteiger partial charge in [0.2, 0.25) is 11.2 Å². The molecule has 0 radical (unpaired) electrons. The molecular weight excluding hydrogens is 180 g/mol. The number of hydrogen-bond acceptors (Lipinski definition) is 5. The second kappa shape index (κ2) is 2.75. The molecule has 1 aromatic heterocycles. The number of methoxy groups -OCH3 is 1. The third kappa shape index (κ3) is 1.40. The van der Waals surface area contributed by atoms with E-state index in [9.17, 15) is 0 Å². The second-order valence-corrected chi connectivity index (χ2v) is 2.72. The standard InChI is InChI=1S/C6H7ClN4O/c1-12-6-9-4(7)8-5(10-6)11-2-3-11/h2-3H2,1H3. The fraction of sp³-hybridized carbons (Fsp3) is 0.500. The number of nitrogens with zero attached hydrogens (tertiary/aromatic N) is 4. The summed E-state index contributed by atoms with van der Waals surface area (Å²) in [6.45, 7) is 1.95. The van der Waals surface area contributed by atoms with E-state index in [1.54, 1.807) is 0 Å². The molecule has 5 nitrogen and oxygen atoms in total. The second-order valence-electron chi connectivity index (χ2n) is 2.38. The molecule has 0 spiro atoms. The maximum absolute atomic E-state index is 5.63. The molecule has 0 bridgehead atoms. The zero-order valence-corrected chi connectivity index (χ0v) is 7.25. The highest BCUT2D eigenvalue weighted by Crippen LogP contribution is 2.19. The van der Waals surface area contributed by atoms with Crippen LogP contribution in [-0.2, 0) is 0 Å². The van der Waals surface area contributed by atoms with Gasteiger partial charge in [0.05, 0.1) is 7.11 Å². The van der Waals surface area contributed by atoms with Gasteiger partial charge in [-0.15, -0.1) is 0 Å². The summed E-state index contributed by atoms with van der Waals surface area (Å²) in [5.41, 5.74) is 0. The first-order valence-electron chi connectivity index (χ1n) is 3.50. The van der Waals surface area contributed by atoms with Gasteiger partial charge < -0.3 is 9.64 Å². The van der Waals surface area contributed by atoms with Gasteiger partial charge in [-0.2, -0.15) is 15.0 Å². The van der Waals surface area contributed by atoms with Gasteiger partial charge in [0.15, 0.2) is 0 Å². The third-order valence-corrected chi connectivity index (χ3v) is 1.66. The van der Waals surface area contributed by atoms with Crippen LogP contribution in [0.3, 0.4) is 0 Å². The summed E-state index contributed by atoms with van der Waals surface area (Å²) in [7, 11) is 1.50. The highest BCUT2D eigenvalue weighted by Gasteiger charge is 2.22. The zero-order valence-electron chi connectivity index (χ0n) is 6.49. The Balaban J connectivity index is 2.34. The lowest BCUT2D eigenvalue weighted by Crippen LogP contribution is -2.02. The predicted octanol–water partition coefficient (Wildman–Crippen LogP) is 0.354. The summed E-state index contributed by atoms with van der Waals surface area (Å²) in [6, 6.07) is 0.261. The summed E-state index contributed by atoms with van der Waals surface area (Å²) in [5, 5.41) is 0.170. The van der Waals surface area contributed by atoms with E-state index in [1.165, 1.54) is 7.11 Å². The first-order valence-corrected chi connectivity index (χ1v) is 3.88. The summed E-state index contributed by atoms with van der Waals surface area (Å²) >= 11 is 5.63. The Morgan fingerprint density at radius 2 is 2.08 bits per heavy atom. The fourth-order valence-corrected chi connectivity index (χ4v) is 0.953. The molecule has 64 valence electrons. The molecule has 0 amide bonds. The molecule has 12 heavy (non-hydrogen) atoms. The number of anilines is 1. The van der Waals surface area contributed by atoms with Gasteiger partial charge in [-0.25, -0.2) is 0 Å². The Labute approximate surface area is 74.4 Å². The maximum atomic E-state index is 5.63. The summed E-state index contributed by atoms with van der Waals surface area (Å²) in [5.74, 6) is 0.590. The molecule has 0 atom stereocenters. The fourth-order valence-electron chi connectivity index (χ4n) is 0.805. The summed E-state index contributed by atoms with van der Waals surface area (Å²) in [4.78, 5) is 13.7. The maximum Gasteiger partial charge on any atom is 0.322 e. The summed E-state index contributed by atoms with van der Waals surface area (Å²) in [6.07, 6.45) is 0. The van der Waals surface area contributed by atoms with Crippen LogP contribution in [0.4, 0.5) is 5.95 Å². The van der Waals surface area contributed by atoms with Gasteiger partial charge in [-0.1, -0.05) is 0 Å². The van der Waals surface area contributed by atoms with E-state index in [2.05, 4.69) is 15.0 Å². The van der Waals surface area contributed by atoms with Crippen molar-refractivity contribution < 1.29 is 4.74 Å². The molecule has 0 aromatic carbocycles. The lowest BCUT2D eigenvalue weighted by molar-refractivity contribution is 0.378. The van der Waals surface area contributed by atoms with Crippen molar-refractivity contribution in [3.8, 4) is 6.01 Å². The molecule has 1 aromatic rings. The van der Waals surface area contributed by atoms with E-state index in [0.717, 1.165) is 13.1 Å². The topological polar surface area (TPSA) is 50.9 Å². The number of hydrogen-bond donors (Lipinski definition) is 0. The quantitative estimate of drug-likeness (QED) is 0.624. The molecule has 6 heteroatoms. The lowest BCUT2D eigenvalue weighted by atomic mass is 10.9. The zero-order chi connectivity index (χ0) is 8.55. The number of rotatable bonds is 2. The van der Waals surface area contributed by atoms with Gasteiger partial charge in [0.1, 0.15) is 0 Å². The van der Waals surface area contributed by atoms with Crippen LogP contribution in [0.2, 0.25) is 5.28 Å². The Morgan fingerprint density at radius 1 is 1.33 bits per heavy atom. The Bertz CT molecular complexity index is 302. The highest BCUT2D eigenvalue weighted by atomic mass is 35.5. The van der Waals surface area contributed by atoms with Crippen LogP contribution in [0.1, 0.15) is 0 Å². The molecule has 1 fully saturated rings. The van der Waals surface area contributed by atoms with Crippen molar-refractivity contribution in [3.05, 3.63) is 5.28 Å². The van der Waals surface area contributed by atoms with Crippen LogP contribution in [0.15, 0.2) is 0 Å². The third-order valence-electron chi connectivity index (χ3n) is 1.49. The van der Waals surface area contributed by atoms with Crippen molar-refractivity contribution >= 4 is 17.5 Å². The average molecular weight is 187 g/mol. The van der Waals surface area contributed by atoms with Crippen molar-refractivity contribution in [3.63, 3.8) is 0 Å². The van der Waals surface area contributed by atoms with Gasteiger partial charge in [0.25, 0.3) is 0 Å². The van der Waals surface area contributed by atoms with Crippen molar-refractivity contribution in [2.75, 3.05) is 25.1 Å². The van der Waals surface area contributed by atoms with E-state index < -0.39 is 0 Å². The molecule has 2 rings (SSSR count). The van der Waals surface area contributed by atoms with E-state index in [1.807, 2.05) is 4.90 Å². The van der Waals surface area contributed by atoms with Gasteiger partial charge >= 0.3 is 6.01 Å².